The van der Waals surface area contributed by atoms with E-state index in [9.17, 15) is 4.79 Å². The van der Waals surface area contributed by atoms with Gasteiger partial charge in [-0.3, -0.25) is 4.79 Å². The van der Waals surface area contributed by atoms with Crippen molar-refractivity contribution in [3.8, 4) is 0 Å². The first-order chi connectivity index (χ1) is 10.8. The maximum atomic E-state index is 12.2. The zero-order chi connectivity index (χ0) is 15.4. The van der Waals surface area contributed by atoms with Gasteiger partial charge in [0, 0.05) is 0 Å². The molecule has 0 aliphatic heterocycles. The normalized spacial score (nSPS) is 12.4. The van der Waals surface area contributed by atoms with Gasteiger partial charge in [-0.05, 0) is 42.7 Å². The molecule has 0 saturated heterocycles. The molecule has 2 heterocycles. The Kier molecular flexibility index (Phi) is 4.48. The minimum atomic E-state index is -0.225. The molecule has 22 heavy (non-hydrogen) atoms. The zero-order valence-corrected chi connectivity index (χ0v) is 13.0. The highest BCUT2D eigenvalue weighted by Crippen LogP contribution is 2.20. The van der Waals surface area contributed by atoms with Crippen LogP contribution in [0.2, 0.25) is 0 Å². The second kappa shape index (κ2) is 6.70. The SMILES string of the molecule is CSCC[C@@H](NC(=O)c1ccco1)c1nc2ccccc2[nH]1. The number of fused-ring (bicyclic) bond motifs is 1. The average molecular weight is 315 g/mol. The van der Waals surface area contributed by atoms with Gasteiger partial charge in [0.15, 0.2) is 5.76 Å². The summed E-state index contributed by atoms with van der Waals surface area (Å²) in [6.45, 7) is 0. The third-order valence-electron chi connectivity index (χ3n) is 3.40. The predicted molar refractivity (Wildman–Crippen MR) is 88.0 cm³/mol. The first-order valence-electron chi connectivity index (χ1n) is 7.06. The monoisotopic (exact) mass is 315 g/mol. The lowest BCUT2D eigenvalue weighted by Crippen LogP contribution is -2.29. The van der Waals surface area contributed by atoms with Gasteiger partial charge in [-0.15, -0.1) is 0 Å². The van der Waals surface area contributed by atoms with Gasteiger partial charge in [-0.2, -0.15) is 11.8 Å². The van der Waals surface area contributed by atoms with E-state index in [0.29, 0.717) is 5.76 Å². The van der Waals surface area contributed by atoms with Crippen LogP contribution in [0.25, 0.3) is 11.0 Å². The van der Waals surface area contributed by atoms with Gasteiger partial charge in [-0.1, -0.05) is 12.1 Å². The quantitative estimate of drug-likeness (QED) is 0.731. The molecule has 0 aliphatic rings. The molecule has 2 N–H and O–H groups in total. The number of para-hydroxylation sites is 2. The summed E-state index contributed by atoms with van der Waals surface area (Å²) in [7, 11) is 0. The molecule has 3 aromatic rings. The minimum Gasteiger partial charge on any atom is -0.459 e. The molecule has 1 amide bonds. The third-order valence-corrected chi connectivity index (χ3v) is 4.04. The van der Waals surface area contributed by atoms with Gasteiger partial charge >= 0.3 is 0 Å². The number of imidazole rings is 1. The van der Waals surface area contributed by atoms with Crippen molar-refractivity contribution in [2.24, 2.45) is 0 Å². The summed E-state index contributed by atoms with van der Waals surface area (Å²) >= 11 is 1.74. The summed E-state index contributed by atoms with van der Waals surface area (Å²) in [6, 6.07) is 11.0. The van der Waals surface area contributed by atoms with Crippen LogP contribution < -0.4 is 5.32 Å². The Morgan fingerprint density at radius 1 is 1.36 bits per heavy atom. The topological polar surface area (TPSA) is 70.9 Å². The van der Waals surface area contributed by atoms with Gasteiger partial charge < -0.3 is 14.7 Å². The van der Waals surface area contributed by atoms with E-state index >= 15 is 0 Å². The number of nitrogens with one attached hydrogen (secondary N) is 2. The van der Waals surface area contributed by atoms with E-state index in [1.807, 2.05) is 30.5 Å². The number of H-pyrrole nitrogens is 1. The second-order valence-corrected chi connectivity index (χ2v) is 5.91. The predicted octanol–water partition coefficient (Wildman–Crippen LogP) is 3.38. The van der Waals surface area contributed by atoms with Crippen molar-refractivity contribution in [1.29, 1.82) is 0 Å². The van der Waals surface area contributed by atoms with Crippen molar-refractivity contribution >= 4 is 28.7 Å². The fraction of sp³-hybridized carbons (Fsp3) is 0.250. The first kappa shape index (κ1) is 14.7. The van der Waals surface area contributed by atoms with E-state index in [2.05, 4.69) is 15.3 Å². The smallest absolute Gasteiger partial charge is 0.287 e. The Bertz CT molecular complexity index is 719. The van der Waals surface area contributed by atoms with Crippen LogP contribution in [0, 0.1) is 0 Å². The molecule has 0 aliphatic carbocycles. The van der Waals surface area contributed by atoms with Crippen LogP contribution in [0.1, 0.15) is 28.8 Å². The van der Waals surface area contributed by atoms with E-state index in [1.54, 1.807) is 23.9 Å². The lowest BCUT2D eigenvalue weighted by Gasteiger charge is -2.15. The molecule has 0 radical (unpaired) electrons. The largest absolute Gasteiger partial charge is 0.459 e. The number of nitrogens with zero attached hydrogens (tertiary/aromatic N) is 1. The molecule has 0 bridgehead atoms. The summed E-state index contributed by atoms with van der Waals surface area (Å²) in [6.07, 6.45) is 4.34. The van der Waals surface area contributed by atoms with Crippen LogP contribution in [0.4, 0.5) is 0 Å². The maximum Gasteiger partial charge on any atom is 0.287 e. The summed E-state index contributed by atoms with van der Waals surface area (Å²) in [5, 5.41) is 2.99. The highest BCUT2D eigenvalue weighted by Gasteiger charge is 2.20. The highest BCUT2D eigenvalue weighted by molar-refractivity contribution is 7.98. The molecule has 0 unspecified atom stereocenters. The van der Waals surface area contributed by atoms with Crippen molar-refractivity contribution in [2.45, 2.75) is 12.5 Å². The zero-order valence-electron chi connectivity index (χ0n) is 12.2. The molecule has 0 spiro atoms. The molecule has 0 fully saturated rings. The number of rotatable bonds is 6. The molecule has 1 aromatic carbocycles. The molecule has 1 atom stereocenters. The number of amides is 1. The Balaban J connectivity index is 1.83. The van der Waals surface area contributed by atoms with E-state index < -0.39 is 0 Å². The summed E-state index contributed by atoms with van der Waals surface area (Å²) in [5.74, 6) is 1.79. The fourth-order valence-corrected chi connectivity index (χ4v) is 2.76. The molecule has 0 saturated carbocycles. The van der Waals surface area contributed by atoms with Crippen molar-refractivity contribution in [2.75, 3.05) is 12.0 Å². The second-order valence-electron chi connectivity index (χ2n) is 4.92. The van der Waals surface area contributed by atoms with Crippen molar-refractivity contribution in [3.05, 3.63) is 54.2 Å². The third kappa shape index (κ3) is 3.17. The first-order valence-corrected chi connectivity index (χ1v) is 8.45. The van der Waals surface area contributed by atoms with Crippen LogP contribution in [-0.4, -0.2) is 27.9 Å². The molecular weight excluding hydrogens is 298 g/mol. The van der Waals surface area contributed by atoms with Crippen molar-refractivity contribution in [1.82, 2.24) is 15.3 Å². The van der Waals surface area contributed by atoms with Gasteiger partial charge in [-0.25, -0.2) is 4.98 Å². The van der Waals surface area contributed by atoms with Crippen LogP contribution in [-0.2, 0) is 0 Å². The lowest BCUT2D eigenvalue weighted by atomic mass is 10.2. The number of thioether (sulfide) groups is 1. The number of hydrogen-bond acceptors (Lipinski definition) is 4. The van der Waals surface area contributed by atoms with Crippen molar-refractivity contribution in [3.63, 3.8) is 0 Å². The van der Waals surface area contributed by atoms with E-state index in [4.69, 9.17) is 4.42 Å². The van der Waals surface area contributed by atoms with Crippen LogP contribution in [0.3, 0.4) is 0 Å². The van der Waals surface area contributed by atoms with E-state index in [1.165, 1.54) is 6.26 Å². The van der Waals surface area contributed by atoms with E-state index in [-0.39, 0.29) is 11.9 Å². The minimum absolute atomic E-state index is 0.169. The number of hydrogen-bond donors (Lipinski definition) is 2. The number of furan rings is 1. The average Bonchev–Trinajstić information content (AvgIpc) is 3.19. The molecule has 6 heteroatoms. The van der Waals surface area contributed by atoms with Crippen LogP contribution >= 0.6 is 11.8 Å². The number of carbonyl (C=O) groups excluding carboxylic acids is 1. The lowest BCUT2D eigenvalue weighted by molar-refractivity contribution is 0.0906. The van der Waals surface area contributed by atoms with Gasteiger partial charge in [0.05, 0.1) is 23.3 Å². The van der Waals surface area contributed by atoms with E-state index in [0.717, 1.165) is 29.0 Å². The Hall–Kier alpha value is -2.21. The van der Waals surface area contributed by atoms with Gasteiger partial charge in [0.25, 0.3) is 5.91 Å². The number of aromatic amines is 1. The van der Waals surface area contributed by atoms with Crippen LogP contribution in [0.15, 0.2) is 47.1 Å². The molecule has 2 aromatic heterocycles. The number of benzene rings is 1. The maximum absolute atomic E-state index is 12.2. The molecule has 5 nitrogen and oxygen atoms in total. The number of aromatic nitrogens is 2. The Morgan fingerprint density at radius 2 is 2.23 bits per heavy atom. The number of carbonyl (C=O) groups is 1. The highest BCUT2D eigenvalue weighted by atomic mass is 32.2. The van der Waals surface area contributed by atoms with Gasteiger partial charge in [0.1, 0.15) is 5.82 Å². The standard InChI is InChI=1S/C16H17N3O2S/c1-22-10-8-13(19-16(20)14-7-4-9-21-14)15-17-11-5-2-3-6-12(11)18-15/h2-7,9,13H,8,10H2,1H3,(H,17,18)(H,19,20)/t13-/m1/s1. The van der Waals surface area contributed by atoms with Crippen LogP contribution in [0.5, 0.6) is 0 Å². The van der Waals surface area contributed by atoms with Crippen molar-refractivity contribution < 1.29 is 9.21 Å². The summed E-state index contributed by atoms with van der Waals surface area (Å²) < 4.78 is 5.15. The Labute approximate surface area is 132 Å². The molecular formula is C16H17N3O2S. The Morgan fingerprint density at radius 3 is 2.95 bits per heavy atom. The fourth-order valence-electron chi connectivity index (χ4n) is 2.29. The molecule has 3 rings (SSSR count). The van der Waals surface area contributed by atoms with Gasteiger partial charge in [0.2, 0.25) is 0 Å². The summed E-state index contributed by atoms with van der Waals surface area (Å²) in [4.78, 5) is 20.1. The molecule has 114 valence electrons. The summed E-state index contributed by atoms with van der Waals surface area (Å²) in [5.41, 5.74) is 1.87.